The second-order valence-corrected chi connectivity index (χ2v) is 5.94. The smallest absolute Gasteiger partial charge is 0.257 e. The van der Waals surface area contributed by atoms with Crippen LogP contribution in [0.5, 0.6) is 0 Å². The molecule has 6 heteroatoms. The monoisotopic (exact) mass is 293 g/mol. The van der Waals surface area contributed by atoms with Crippen LogP contribution in [0.15, 0.2) is 12.1 Å². The second-order valence-electron chi connectivity index (χ2n) is 5.94. The Morgan fingerprint density at radius 2 is 2.29 bits per heavy atom. The lowest BCUT2D eigenvalue weighted by atomic mass is 10.1. The summed E-state index contributed by atoms with van der Waals surface area (Å²) in [6.07, 6.45) is 1.02. The summed E-state index contributed by atoms with van der Waals surface area (Å²) in [7, 11) is 3.94. The topological polar surface area (TPSA) is 55.8 Å². The van der Waals surface area contributed by atoms with E-state index in [4.69, 9.17) is 0 Å². The molecular weight excluding hydrogens is 273 g/mol. The first kappa shape index (κ1) is 14.3. The Bertz CT molecular complexity index is 578. The summed E-state index contributed by atoms with van der Waals surface area (Å²) in [4.78, 5) is 15.6. The zero-order valence-corrected chi connectivity index (χ0v) is 12.3. The number of anilines is 2. The van der Waals surface area contributed by atoms with Crippen LogP contribution in [0.2, 0.25) is 0 Å². The van der Waals surface area contributed by atoms with Crippen molar-refractivity contribution in [3.8, 4) is 0 Å². The van der Waals surface area contributed by atoms with E-state index < -0.39 is 17.8 Å². The molecule has 0 radical (unpaired) electrons. The minimum absolute atomic E-state index is 0.313. The SMILES string of the molecule is CN(CC1CCCN1C)c1cc2c(cc1F)C(O)C(=O)N2. The summed E-state index contributed by atoms with van der Waals surface area (Å²) in [5.74, 6) is -0.910. The van der Waals surface area contributed by atoms with Crippen LogP contribution in [-0.2, 0) is 4.79 Å². The summed E-state index contributed by atoms with van der Waals surface area (Å²) in [6.45, 7) is 1.82. The third-order valence-corrected chi connectivity index (χ3v) is 4.49. The van der Waals surface area contributed by atoms with Gasteiger partial charge in [-0.05, 0) is 38.6 Å². The van der Waals surface area contributed by atoms with Crippen molar-refractivity contribution in [2.45, 2.75) is 25.0 Å². The Balaban J connectivity index is 1.82. The Kier molecular flexibility index (Phi) is 3.59. The van der Waals surface area contributed by atoms with Gasteiger partial charge in [0.05, 0.1) is 5.69 Å². The third-order valence-electron chi connectivity index (χ3n) is 4.49. The molecule has 0 saturated carbocycles. The number of aliphatic hydroxyl groups is 1. The Labute approximate surface area is 123 Å². The van der Waals surface area contributed by atoms with E-state index >= 15 is 0 Å². The van der Waals surface area contributed by atoms with E-state index in [1.165, 1.54) is 12.5 Å². The molecule has 0 spiro atoms. The number of benzene rings is 1. The van der Waals surface area contributed by atoms with Crippen LogP contribution in [-0.4, -0.2) is 49.1 Å². The largest absolute Gasteiger partial charge is 0.378 e. The molecular formula is C15H20FN3O2. The number of hydrogen-bond acceptors (Lipinski definition) is 4. The zero-order chi connectivity index (χ0) is 15.1. The van der Waals surface area contributed by atoms with Crippen molar-refractivity contribution in [2.75, 3.05) is 37.4 Å². The number of aliphatic hydroxyl groups excluding tert-OH is 1. The molecule has 1 aromatic rings. The van der Waals surface area contributed by atoms with Crippen LogP contribution in [0, 0.1) is 5.82 Å². The lowest BCUT2D eigenvalue weighted by Crippen LogP contribution is -2.37. The summed E-state index contributed by atoms with van der Waals surface area (Å²) in [5.41, 5.74) is 1.26. The molecule has 2 aliphatic rings. The van der Waals surface area contributed by atoms with E-state index in [9.17, 15) is 14.3 Å². The average Bonchev–Trinajstić information content (AvgIpc) is 2.95. The van der Waals surface area contributed by atoms with Crippen molar-refractivity contribution in [1.82, 2.24) is 4.90 Å². The van der Waals surface area contributed by atoms with Gasteiger partial charge in [-0.15, -0.1) is 0 Å². The highest BCUT2D eigenvalue weighted by atomic mass is 19.1. The molecule has 21 heavy (non-hydrogen) atoms. The molecule has 1 aromatic carbocycles. The maximum absolute atomic E-state index is 14.3. The highest BCUT2D eigenvalue weighted by Crippen LogP contribution is 2.35. The van der Waals surface area contributed by atoms with Crippen LogP contribution in [0.3, 0.4) is 0 Å². The second kappa shape index (κ2) is 5.27. The lowest BCUT2D eigenvalue weighted by molar-refractivity contribution is -0.123. The molecule has 2 unspecified atom stereocenters. The molecule has 2 atom stereocenters. The molecule has 1 fully saturated rings. The van der Waals surface area contributed by atoms with Crippen LogP contribution in [0.4, 0.5) is 15.8 Å². The van der Waals surface area contributed by atoms with Crippen LogP contribution in [0.1, 0.15) is 24.5 Å². The van der Waals surface area contributed by atoms with Gasteiger partial charge in [0.1, 0.15) is 5.82 Å². The van der Waals surface area contributed by atoms with E-state index in [0.29, 0.717) is 23.0 Å². The van der Waals surface area contributed by atoms with Gasteiger partial charge in [-0.3, -0.25) is 4.79 Å². The van der Waals surface area contributed by atoms with Crippen molar-refractivity contribution in [3.05, 3.63) is 23.5 Å². The lowest BCUT2D eigenvalue weighted by Gasteiger charge is -2.28. The summed E-state index contributed by atoms with van der Waals surface area (Å²) >= 11 is 0. The number of nitrogens with one attached hydrogen (secondary N) is 1. The summed E-state index contributed by atoms with van der Waals surface area (Å²) < 4.78 is 14.3. The van der Waals surface area contributed by atoms with E-state index in [-0.39, 0.29) is 0 Å². The molecule has 2 N–H and O–H groups in total. The van der Waals surface area contributed by atoms with Crippen LogP contribution >= 0.6 is 0 Å². The Hall–Kier alpha value is -1.66. The maximum Gasteiger partial charge on any atom is 0.257 e. The molecule has 1 saturated heterocycles. The van der Waals surface area contributed by atoms with E-state index in [2.05, 4.69) is 17.3 Å². The molecule has 0 aliphatic carbocycles. The summed E-state index contributed by atoms with van der Waals surface area (Å²) in [6, 6.07) is 3.28. The van der Waals surface area contributed by atoms with Crippen molar-refractivity contribution in [3.63, 3.8) is 0 Å². The first-order valence-corrected chi connectivity index (χ1v) is 7.21. The van der Waals surface area contributed by atoms with Gasteiger partial charge < -0.3 is 20.2 Å². The fraction of sp³-hybridized carbons (Fsp3) is 0.533. The van der Waals surface area contributed by atoms with E-state index in [1.807, 2.05) is 11.9 Å². The van der Waals surface area contributed by atoms with Crippen LogP contribution < -0.4 is 10.2 Å². The first-order valence-electron chi connectivity index (χ1n) is 7.21. The predicted octanol–water partition coefficient (Wildman–Crippen LogP) is 1.34. The number of carbonyl (C=O) groups excluding carboxylic acids is 1. The van der Waals surface area contributed by atoms with Gasteiger partial charge in [0.2, 0.25) is 0 Å². The fourth-order valence-corrected chi connectivity index (χ4v) is 3.17. The first-order chi connectivity index (χ1) is 9.97. The van der Waals surface area contributed by atoms with Crippen molar-refractivity contribution in [1.29, 1.82) is 0 Å². The number of hydrogen-bond donors (Lipinski definition) is 2. The number of likely N-dealkylation sites (N-methyl/N-ethyl adjacent to an activating group) is 2. The molecule has 2 heterocycles. The highest BCUT2D eigenvalue weighted by Gasteiger charge is 2.31. The standard InChI is InChI=1S/C15H20FN3O2/c1-18-5-3-4-9(18)8-19(2)13-7-12-10(6-11(13)16)14(20)15(21)17-12/h6-7,9,14,20H,3-5,8H2,1-2H3,(H,17,21). The normalized spacial score (nSPS) is 25.0. The molecule has 0 bridgehead atoms. The van der Waals surface area contributed by atoms with Gasteiger partial charge in [-0.1, -0.05) is 0 Å². The molecule has 0 aromatic heterocycles. The number of carbonyl (C=O) groups is 1. The minimum atomic E-state index is -1.27. The highest BCUT2D eigenvalue weighted by molar-refractivity contribution is 6.02. The van der Waals surface area contributed by atoms with Gasteiger partial charge >= 0.3 is 0 Å². The molecule has 2 aliphatic heterocycles. The van der Waals surface area contributed by atoms with Crippen LogP contribution in [0.25, 0.3) is 0 Å². The maximum atomic E-state index is 14.3. The quantitative estimate of drug-likeness (QED) is 0.883. The fourth-order valence-electron chi connectivity index (χ4n) is 3.17. The molecule has 1 amide bonds. The van der Waals surface area contributed by atoms with Crippen molar-refractivity contribution < 1.29 is 14.3 Å². The number of halogens is 1. The zero-order valence-electron chi connectivity index (χ0n) is 12.3. The summed E-state index contributed by atoms with van der Waals surface area (Å²) in [5, 5.41) is 12.2. The number of rotatable bonds is 3. The number of amides is 1. The third kappa shape index (κ3) is 2.49. The Morgan fingerprint density at radius 1 is 1.52 bits per heavy atom. The molecule has 5 nitrogen and oxygen atoms in total. The molecule has 3 rings (SSSR count). The molecule has 114 valence electrons. The van der Waals surface area contributed by atoms with Crippen molar-refractivity contribution >= 4 is 17.3 Å². The predicted molar refractivity (Wildman–Crippen MR) is 78.9 cm³/mol. The van der Waals surface area contributed by atoms with E-state index in [0.717, 1.165) is 19.5 Å². The number of likely N-dealkylation sites (tertiary alicyclic amines) is 1. The van der Waals surface area contributed by atoms with Gasteiger partial charge in [0.15, 0.2) is 6.10 Å². The average molecular weight is 293 g/mol. The number of nitrogens with zero attached hydrogens (tertiary/aromatic N) is 2. The number of fused-ring (bicyclic) bond motifs is 1. The van der Waals surface area contributed by atoms with Gasteiger partial charge in [-0.25, -0.2) is 4.39 Å². The van der Waals surface area contributed by atoms with E-state index in [1.54, 1.807) is 6.07 Å². The van der Waals surface area contributed by atoms with Crippen molar-refractivity contribution in [2.24, 2.45) is 0 Å². The van der Waals surface area contributed by atoms with Gasteiger partial charge in [0.25, 0.3) is 5.91 Å². The minimum Gasteiger partial charge on any atom is -0.378 e. The Morgan fingerprint density at radius 3 is 2.95 bits per heavy atom. The van der Waals surface area contributed by atoms with Gasteiger partial charge in [-0.2, -0.15) is 0 Å². The van der Waals surface area contributed by atoms with Gasteiger partial charge in [0, 0.05) is 30.9 Å².